The smallest absolute Gasteiger partial charge is 0.270 e. The van der Waals surface area contributed by atoms with Crippen molar-refractivity contribution >= 4 is 5.91 Å². The molecule has 140 valence electrons. The summed E-state index contributed by atoms with van der Waals surface area (Å²) in [6.45, 7) is 3.99. The molecule has 2 fully saturated rings. The fraction of sp³-hybridized carbons (Fsp3) is 0.476. The summed E-state index contributed by atoms with van der Waals surface area (Å²) < 4.78 is 13.1. The average molecular weight is 365 g/mol. The highest BCUT2D eigenvalue weighted by Gasteiger charge is 2.46. The second kappa shape index (κ2) is 5.76. The standard InChI is InChI=1S/C21H23N3O3/c25-21-16-2-1-7-23(16)17-11-22(12-18(17)24(21)10-14-3-4-14)9-15-5-6-19-20(8-15)27-13-26-19/h1-2,5-8,14,17-18H,3-4,9-13H2/t17-,18+/m0/s1. The van der Waals surface area contributed by atoms with Gasteiger partial charge in [-0.25, -0.2) is 0 Å². The van der Waals surface area contributed by atoms with E-state index >= 15 is 0 Å². The molecule has 27 heavy (non-hydrogen) atoms. The molecule has 4 aliphatic rings. The number of carbonyl (C=O) groups is 1. The van der Waals surface area contributed by atoms with Gasteiger partial charge >= 0.3 is 0 Å². The van der Waals surface area contributed by atoms with E-state index in [4.69, 9.17) is 9.47 Å². The molecular formula is C21H23N3O3. The van der Waals surface area contributed by atoms with Crippen LogP contribution in [0.1, 0.15) is 34.9 Å². The summed E-state index contributed by atoms with van der Waals surface area (Å²) in [4.78, 5) is 17.7. The van der Waals surface area contributed by atoms with Crippen LogP contribution >= 0.6 is 0 Å². The number of nitrogens with zero attached hydrogens (tertiary/aromatic N) is 3. The number of hydrogen-bond acceptors (Lipinski definition) is 4. The lowest BCUT2D eigenvalue weighted by Gasteiger charge is -2.38. The first-order valence-electron chi connectivity index (χ1n) is 9.85. The molecule has 1 amide bonds. The van der Waals surface area contributed by atoms with E-state index < -0.39 is 0 Å². The maximum absolute atomic E-state index is 13.0. The molecule has 4 heterocycles. The molecule has 0 unspecified atom stereocenters. The van der Waals surface area contributed by atoms with E-state index in [9.17, 15) is 4.79 Å². The van der Waals surface area contributed by atoms with Gasteiger partial charge in [0.05, 0.1) is 12.1 Å². The molecule has 1 saturated carbocycles. The van der Waals surface area contributed by atoms with Crippen LogP contribution < -0.4 is 9.47 Å². The predicted octanol–water partition coefficient (Wildman–Crippen LogP) is 2.51. The summed E-state index contributed by atoms with van der Waals surface area (Å²) in [5, 5.41) is 0. The van der Waals surface area contributed by atoms with E-state index in [0.717, 1.165) is 43.4 Å². The van der Waals surface area contributed by atoms with Crippen molar-refractivity contribution in [2.45, 2.75) is 31.5 Å². The summed E-state index contributed by atoms with van der Waals surface area (Å²) in [6, 6.07) is 10.8. The number of amides is 1. The van der Waals surface area contributed by atoms with Crippen LogP contribution in [-0.4, -0.2) is 52.7 Å². The van der Waals surface area contributed by atoms with Gasteiger partial charge in [0, 0.05) is 32.4 Å². The van der Waals surface area contributed by atoms with Crippen LogP contribution in [0, 0.1) is 5.92 Å². The molecule has 0 bridgehead atoms. The Balaban J connectivity index is 1.26. The second-order valence-corrected chi connectivity index (χ2v) is 8.22. The van der Waals surface area contributed by atoms with Crippen LogP contribution in [0.3, 0.4) is 0 Å². The zero-order valence-electron chi connectivity index (χ0n) is 15.2. The predicted molar refractivity (Wildman–Crippen MR) is 98.9 cm³/mol. The molecule has 6 rings (SSSR count). The maximum Gasteiger partial charge on any atom is 0.270 e. The summed E-state index contributed by atoms with van der Waals surface area (Å²) in [6.07, 6.45) is 4.61. The highest BCUT2D eigenvalue weighted by atomic mass is 16.7. The van der Waals surface area contributed by atoms with Crippen molar-refractivity contribution in [1.82, 2.24) is 14.4 Å². The number of fused-ring (bicyclic) bond motifs is 4. The van der Waals surface area contributed by atoms with Gasteiger partial charge < -0.3 is 18.9 Å². The van der Waals surface area contributed by atoms with Gasteiger partial charge in [-0.05, 0) is 48.6 Å². The quantitative estimate of drug-likeness (QED) is 0.835. The lowest BCUT2D eigenvalue weighted by atomic mass is 10.1. The molecule has 1 aromatic carbocycles. The fourth-order valence-corrected chi connectivity index (χ4v) is 4.81. The third-order valence-corrected chi connectivity index (χ3v) is 6.35. The summed E-state index contributed by atoms with van der Waals surface area (Å²) in [7, 11) is 0. The molecule has 1 aromatic heterocycles. The van der Waals surface area contributed by atoms with Crippen molar-refractivity contribution in [3.05, 3.63) is 47.8 Å². The first kappa shape index (κ1) is 15.6. The number of ether oxygens (including phenoxy) is 2. The van der Waals surface area contributed by atoms with Crippen molar-refractivity contribution < 1.29 is 14.3 Å². The van der Waals surface area contributed by atoms with Gasteiger partial charge in [-0.2, -0.15) is 0 Å². The first-order chi connectivity index (χ1) is 13.3. The minimum absolute atomic E-state index is 0.207. The van der Waals surface area contributed by atoms with E-state index in [-0.39, 0.29) is 11.9 Å². The van der Waals surface area contributed by atoms with Crippen molar-refractivity contribution in [3.8, 4) is 11.5 Å². The van der Waals surface area contributed by atoms with Gasteiger partial charge in [0.2, 0.25) is 6.79 Å². The maximum atomic E-state index is 13.0. The van der Waals surface area contributed by atoms with Crippen LogP contribution in [0.15, 0.2) is 36.5 Å². The van der Waals surface area contributed by atoms with Crippen LogP contribution in [0.2, 0.25) is 0 Å². The highest BCUT2D eigenvalue weighted by Crippen LogP contribution is 2.39. The summed E-state index contributed by atoms with van der Waals surface area (Å²) in [5.74, 6) is 2.58. The van der Waals surface area contributed by atoms with Gasteiger partial charge in [-0.3, -0.25) is 9.69 Å². The van der Waals surface area contributed by atoms with Crippen molar-refractivity contribution in [3.63, 3.8) is 0 Å². The average Bonchev–Trinajstić information content (AvgIpc) is 3.07. The zero-order chi connectivity index (χ0) is 18.0. The topological polar surface area (TPSA) is 46.9 Å². The van der Waals surface area contributed by atoms with Crippen molar-refractivity contribution in [2.24, 2.45) is 5.92 Å². The molecule has 0 radical (unpaired) electrons. The molecule has 2 aromatic rings. The summed E-state index contributed by atoms with van der Waals surface area (Å²) in [5.41, 5.74) is 2.08. The van der Waals surface area contributed by atoms with Crippen LogP contribution in [0.25, 0.3) is 0 Å². The molecule has 1 aliphatic carbocycles. The Hall–Kier alpha value is -2.47. The number of rotatable bonds is 4. The third kappa shape index (κ3) is 2.54. The molecule has 1 saturated heterocycles. The van der Waals surface area contributed by atoms with E-state index in [2.05, 4.69) is 32.7 Å². The Kier molecular flexibility index (Phi) is 3.32. The Bertz CT molecular complexity index is 904. The number of benzene rings is 1. The molecule has 6 heteroatoms. The van der Waals surface area contributed by atoms with Crippen molar-refractivity contribution in [2.75, 3.05) is 26.4 Å². The van der Waals surface area contributed by atoms with Gasteiger partial charge in [0.1, 0.15) is 5.69 Å². The largest absolute Gasteiger partial charge is 0.454 e. The molecule has 0 N–H and O–H groups in total. The third-order valence-electron chi connectivity index (χ3n) is 6.35. The lowest BCUT2D eigenvalue weighted by Crippen LogP contribution is -2.51. The second-order valence-electron chi connectivity index (χ2n) is 8.22. The van der Waals surface area contributed by atoms with Gasteiger partial charge in [0.25, 0.3) is 5.91 Å². The number of likely N-dealkylation sites (tertiary alicyclic amines) is 1. The molecule has 6 nitrogen and oxygen atoms in total. The fourth-order valence-electron chi connectivity index (χ4n) is 4.81. The monoisotopic (exact) mass is 365 g/mol. The zero-order valence-corrected chi connectivity index (χ0v) is 15.2. The first-order valence-corrected chi connectivity index (χ1v) is 9.85. The minimum Gasteiger partial charge on any atom is -0.454 e. The highest BCUT2D eigenvalue weighted by molar-refractivity contribution is 5.94. The Morgan fingerprint density at radius 2 is 1.89 bits per heavy atom. The van der Waals surface area contributed by atoms with Gasteiger partial charge in [-0.1, -0.05) is 6.07 Å². The van der Waals surface area contributed by atoms with E-state index in [0.29, 0.717) is 18.8 Å². The SMILES string of the molecule is O=C1c2cccn2[C@H]2CN(Cc3ccc4c(c3)OCO4)C[C@H]2N1CC1CC1. The Morgan fingerprint density at radius 3 is 2.78 bits per heavy atom. The van der Waals surface area contributed by atoms with E-state index in [1.54, 1.807) is 0 Å². The van der Waals surface area contributed by atoms with Gasteiger partial charge in [-0.15, -0.1) is 0 Å². The minimum atomic E-state index is 0.207. The van der Waals surface area contributed by atoms with Crippen LogP contribution in [0.4, 0.5) is 0 Å². The molecule has 3 aliphatic heterocycles. The van der Waals surface area contributed by atoms with Crippen LogP contribution in [-0.2, 0) is 6.54 Å². The molecular weight excluding hydrogens is 342 g/mol. The number of aromatic nitrogens is 1. The van der Waals surface area contributed by atoms with E-state index in [1.807, 2.05) is 18.2 Å². The number of carbonyl (C=O) groups excluding carboxylic acids is 1. The van der Waals surface area contributed by atoms with Crippen LogP contribution in [0.5, 0.6) is 11.5 Å². The molecule has 0 spiro atoms. The van der Waals surface area contributed by atoms with Gasteiger partial charge in [0.15, 0.2) is 11.5 Å². The number of hydrogen-bond donors (Lipinski definition) is 0. The summed E-state index contributed by atoms with van der Waals surface area (Å²) >= 11 is 0. The lowest BCUT2D eigenvalue weighted by molar-refractivity contribution is 0.0565. The molecule has 2 atom stereocenters. The Morgan fingerprint density at radius 1 is 1.04 bits per heavy atom. The Labute approximate surface area is 158 Å². The van der Waals surface area contributed by atoms with Crippen molar-refractivity contribution in [1.29, 1.82) is 0 Å². The normalized spacial score (nSPS) is 26.4. The van der Waals surface area contributed by atoms with E-state index in [1.165, 1.54) is 18.4 Å².